The van der Waals surface area contributed by atoms with E-state index in [0.29, 0.717) is 6.67 Å². The van der Waals surface area contributed by atoms with Crippen molar-refractivity contribution in [3.63, 3.8) is 0 Å². The van der Waals surface area contributed by atoms with Gasteiger partial charge >= 0.3 is 6.03 Å². The van der Waals surface area contributed by atoms with Crippen LogP contribution in [0.15, 0.2) is 0 Å². The molecule has 2 amide bonds. The second-order valence-electron chi connectivity index (χ2n) is 0.984. The van der Waals surface area contributed by atoms with E-state index in [-0.39, 0.29) is 6.03 Å². The zero-order valence-electron chi connectivity index (χ0n) is 3.12. The fraction of sp³-hybridized carbons (Fsp3) is 0.500. The summed E-state index contributed by atoms with van der Waals surface area (Å²) in [5.74, 6) is 0. The van der Waals surface area contributed by atoms with E-state index >= 15 is 0 Å². The van der Waals surface area contributed by atoms with Gasteiger partial charge in [0.2, 0.25) is 0 Å². The summed E-state index contributed by atoms with van der Waals surface area (Å²) in [5, 5.41) is 2.46. The summed E-state index contributed by atoms with van der Waals surface area (Å²) in [7, 11) is 0. The number of amides is 2. The van der Waals surface area contributed by atoms with E-state index in [0.717, 1.165) is 0 Å². The fourth-order valence-electron chi connectivity index (χ4n) is 0.293. The van der Waals surface area contributed by atoms with Crippen molar-refractivity contribution < 1.29 is 4.79 Å². The first-order valence-corrected chi connectivity index (χ1v) is 1.66. The molecular formula is C2H5N3O. The Balaban J connectivity index is 2.37. The Bertz CT molecular complexity index is 63.2. The molecule has 0 aliphatic carbocycles. The Kier molecular flexibility index (Phi) is 0.648. The van der Waals surface area contributed by atoms with Crippen LogP contribution in [-0.4, -0.2) is 12.7 Å². The highest BCUT2D eigenvalue weighted by Gasteiger charge is 2.01. The average Bonchev–Trinajstić information content (AvgIpc) is 1.86. The zero-order chi connectivity index (χ0) is 4.41. The van der Waals surface area contributed by atoms with Crippen molar-refractivity contribution in [1.29, 1.82) is 0 Å². The minimum absolute atomic E-state index is 0.157. The van der Waals surface area contributed by atoms with Crippen molar-refractivity contribution in [2.45, 2.75) is 0 Å². The smallest absolute Gasteiger partial charge is 0.323 e. The number of carbonyl (C=O) groups excluding carboxylic acids is 1. The van der Waals surface area contributed by atoms with Crippen LogP contribution in [-0.2, 0) is 0 Å². The molecule has 3 N–H and O–H groups in total. The molecular weight excluding hydrogens is 82.0 g/mol. The molecule has 0 aromatic carbocycles. The van der Waals surface area contributed by atoms with Crippen LogP contribution in [0.1, 0.15) is 0 Å². The number of hydrogen-bond acceptors (Lipinski definition) is 2. The Morgan fingerprint density at radius 2 is 2.50 bits per heavy atom. The van der Waals surface area contributed by atoms with E-state index < -0.39 is 0 Å². The molecule has 4 heteroatoms. The molecule has 0 radical (unpaired) electrons. The predicted octanol–water partition coefficient (Wildman–Crippen LogP) is -1.24. The molecule has 0 aromatic rings. The van der Waals surface area contributed by atoms with Crippen LogP contribution in [0.4, 0.5) is 4.79 Å². The van der Waals surface area contributed by atoms with Crippen LogP contribution in [0.3, 0.4) is 0 Å². The second-order valence-corrected chi connectivity index (χ2v) is 0.984. The maximum Gasteiger partial charge on any atom is 0.330 e. The van der Waals surface area contributed by atoms with E-state index in [4.69, 9.17) is 0 Å². The topological polar surface area (TPSA) is 53.2 Å². The van der Waals surface area contributed by atoms with E-state index in [1.807, 2.05) is 0 Å². The third-order valence-corrected chi connectivity index (χ3v) is 0.539. The summed E-state index contributed by atoms with van der Waals surface area (Å²) >= 11 is 0. The monoisotopic (exact) mass is 87.0 g/mol. The molecule has 6 heavy (non-hydrogen) atoms. The van der Waals surface area contributed by atoms with E-state index in [1.165, 1.54) is 0 Å². The van der Waals surface area contributed by atoms with Gasteiger partial charge in [0.1, 0.15) is 0 Å². The van der Waals surface area contributed by atoms with Gasteiger partial charge in [0, 0.05) is 0 Å². The number of hydrazine groups is 1. The second kappa shape index (κ2) is 1.14. The van der Waals surface area contributed by atoms with E-state index in [1.54, 1.807) is 0 Å². The third-order valence-electron chi connectivity index (χ3n) is 0.539. The maximum absolute atomic E-state index is 9.96. The lowest BCUT2D eigenvalue weighted by Crippen LogP contribution is -2.25. The summed E-state index contributed by atoms with van der Waals surface area (Å²) in [6.07, 6.45) is 0. The summed E-state index contributed by atoms with van der Waals surface area (Å²) in [4.78, 5) is 9.96. The molecule has 4 nitrogen and oxygen atoms in total. The Morgan fingerprint density at radius 3 is 2.67 bits per heavy atom. The minimum atomic E-state index is -0.157. The van der Waals surface area contributed by atoms with E-state index in [2.05, 4.69) is 16.2 Å². The summed E-state index contributed by atoms with van der Waals surface area (Å²) in [5.41, 5.74) is 4.88. The fourth-order valence-corrected chi connectivity index (χ4v) is 0.293. The number of urea groups is 1. The first-order valence-electron chi connectivity index (χ1n) is 1.66. The van der Waals surface area contributed by atoms with Crippen molar-refractivity contribution in [2.75, 3.05) is 6.67 Å². The first kappa shape index (κ1) is 3.42. The van der Waals surface area contributed by atoms with Gasteiger partial charge in [-0.15, -0.1) is 0 Å². The van der Waals surface area contributed by atoms with Gasteiger partial charge in [0.05, 0.1) is 6.67 Å². The van der Waals surface area contributed by atoms with E-state index in [9.17, 15) is 4.79 Å². The van der Waals surface area contributed by atoms with Gasteiger partial charge in [-0.3, -0.25) is 5.43 Å². The molecule has 34 valence electrons. The van der Waals surface area contributed by atoms with Crippen LogP contribution in [0.2, 0.25) is 0 Å². The van der Waals surface area contributed by atoms with Gasteiger partial charge in [-0.1, -0.05) is 0 Å². The Labute approximate surface area is 34.9 Å². The summed E-state index contributed by atoms with van der Waals surface area (Å²) in [6.45, 7) is 0.527. The average molecular weight is 87.1 g/mol. The van der Waals surface area contributed by atoms with Crippen molar-refractivity contribution in [2.24, 2.45) is 0 Å². The number of carbonyl (C=O) groups is 1. The van der Waals surface area contributed by atoms with Crippen LogP contribution in [0, 0.1) is 0 Å². The molecule has 0 saturated carbocycles. The molecule has 0 aromatic heterocycles. The molecule has 1 fully saturated rings. The summed E-state index contributed by atoms with van der Waals surface area (Å²) in [6, 6.07) is -0.157. The molecule has 1 rings (SSSR count). The van der Waals surface area contributed by atoms with Gasteiger partial charge in [0.25, 0.3) is 0 Å². The lowest BCUT2D eigenvalue weighted by Gasteiger charge is -1.80. The van der Waals surface area contributed by atoms with Crippen LogP contribution < -0.4 is 16.2 Å². The molecule has 0 atom stereocenters. The standard InChI is InChI=1S/C2H5N3O/c6-2-3-1-4-5-2/h4H,1H2,(H2,3,5,6). The molecule has 1 aliphatic heterocycles. The highest BCUT2D eigenvalue weighted by atomic mass is 16.2. The van der Waals surface area contributed by atoms with Crippen molar-refractivity contribution >= 4 is 6.03 Å². The molecule has 1 saturated heterocycles. The van der Waals surface area contributed by atoms with Gasteiger partial charge < -0.3 is 5.32 Å². The van der Waals surface area contributed by atoms with Crippen molar-refractivity contribution in [1.82, 2.24) is 16.2 Å². The normalized spacial score (nSPS) is 19.7. The highest BCUT2D eigenvalue weighted by molar-refractivity contribution is 5.74. The van der Waals surface area contributed by atoms with Crippen LogP contribution in [0.25, 0.3) is 0 Å². The number of hydrogen-bond donors (Lipinski definition) is 3. The number of rotatable bonds is 0. The molecule has 1 heterocycles. The van der Waals surface area contributed by atoms with Gasteiger partial charge in [-0.05, 0) is 0 Å². The summed E-state index contributed by atoms with van der Waals surface area (Å²) < 4.78 is 0. The van der Waals surface area contributed by atoms with Gasteiger partial charge in [0.15, 0.2) is 0 Å². The van der Waals surface area contributed by atoms with Gasteiger partial charge in [-0.25, -0.2) is 10.2 Å². The third kappa shape index (κ3) is 0.414. The quantitative estimate of drug-likeness (QED) is 0.346. The number of nitrogens with one attached hydrogen (secondary N) is 3. The minimum Gasteiger partial charge on any atom is -0.323 e. The molecule has 0 spiro atoms. The largest absolute Gasteiger partial charge is 0.330 e. The lowest BCUT2D eigenvalue weighted by molar-refractivity contribution is 0.247. The van der Waals surface area contributed by atoms with Crippen LogP contribution >= 0.6 is 0 Å². The zero-order valence-corrected chi connectivity index (χ0v) is 3.12. The van der Waals surface area contributed by atoms with Crippen molar-refractivity contribution in [3.8, 4) is 0 Å². The Hall–Kier alpha value is -0.770. The molecule has 0 unspecified atom stereocenters. The Morgan fingerprint density at radius 1 is 1.67 bits per heavy atom. The molecule has 1 aliphatic rings. The first-order chi connectivity index (χ1) is 2.89. The van der Waals surface area contributed by atoms with Crippen molar-refractivity contribution in [3.05, 3.63) is 0 Å². The lowest BCUT2D eigenvalue weighted by atomic mass is 11.0. The molecule has 0 bridgehead atoms. The van der Waals surface area contributed by atoms with Gasteiger partial charge in [-0.2, -0.15) is 0 Å². The van der Waals surface area contributed by atoms with Crippen LogP contribution in [0.5, 0.6) is 0 Å². The predicted molar refractivity (Wildman–Crippen MR) is 19.7 cm³/mol. The maximum atomic E-state index is 9.96. The SMILES string of the molecule is O=C1NCNN1. The highest BCUT2D eigenvalue weighted by Crippen LogP contribution is 1.62.